The number of nitrogens with one attached hydrogen (secondary N) is 2. The minimum absolute atomic E-state index is 0.0190. The van der Waals surface area contributed by atoms with Gasteiger partial charge in [0.25, 0.3) is 0 Å². The second kappa shape index (κ2) is 5.49. The summed E-state index contributed by atoms with van der Waals surface area (Å²) in [7, 11) is 0. The predicted octanol–water partition coefficient (Wildman–Crippen LogP) is 0.112. The molecule has 1 heterocycles. The SMILES string of the molecule is CC1C(=O)NCCN1C(=O)CCNC(C)(C)C. The van der Waals surface area contributed by atoms with Crippen LogP contribution in [0.15, 0.2) is 0 Å². The summed E-state index contributed by atoms with van der Waals surface area (Å²) in [5.74, 6) is -0.0162. The molecule has 98 valence electrons. The van der Waals surface area contributed by atoms with E-state index < -0.39 is 0 Å². The van der Waals surface area contributed by atoms with Crippen molar-refractivity contribution in [2.75, 3.05) is 19.6 Å². The molecule has 0 bridgehead atoms. The molecule has 0 aromatic rings. The summed E-state index contributed by atoms with van der Waals surface area (Å²) in [6.45, 7) is 9.77. The number of rotatable bonds is 3. The molecule has 1 rings (SSSR count). The van der Waals surface area contributed by atoms with Crippen LogP contribution in [0.4, 0.5) is 0 Å². The smallest absolute Gasteiger partial charge is 0.242 e. The van der Waals surface area contributed by atoms with Gasteiger partial charge in [-0.05, 0) is 27.7 Å². The van der Waals surface area contributed by atoms with Gasteiger partial charge in [0.2, 0.25) is 11.8 Å². The largest absolute Gasteiger partial charge is 0.353 e. The molecular formula is C12H23N3O2. The van der Waals surface area contributed by atoms with Crippen LogP contribution in [0, 0.1) is 0 Å². The van der Waals surface area contributed by atoms with E-state index in [-0.39, 0.29) is 23.4 Å². The molecule has 5 heteroatoms. The summed E-state index contributed by atoms with van der Waals surface area (Å²) in [6, 6.07) is -0.342. The molecule has 1 aliphatic heterocycles. The standard InChI is InChI=1S/C12H23N3O2/c1-9-11(17)13-7-8-15(9)10(16)5-6-14-12(2,3)4/h9,14H,5-8H2,1-4H3,(H,13,17). The van der Waals surface area contributed by atoms with Gasteiger partial charge in [-0.2, -0.15) is 0 Å². The maximum Gasteiger partial charge on any atom is 0.242 e. The van der Waals surface area contributed by atoms with E-state index in [1.54, 1.807) is 11.8 Å². The van der Waals surface area contributed by atoms with E-state index >= 15 is 0 Å². The molecule has 1 atom stereocenters. The molecule has 0 aromatic heterocycles. The molecule has 2 N–H and O–H groups in total. The summed E-state index contributed by atoms with van der Waals surface area (Å²) >= 11 is 0. The van der Waals surface area contributed by atoms with E-state index in [1.807, 2.05) is 0 Å². The number of amides is 2. The van der Waals surface area contributed by atoms with Gasteiger partial charge in [-0.25, -0.2) is 0 Å². The summed E-state index contributed by atoms with van der Waals surface area (Å²) in [5.41, 5.74) is 0.0190. The lowest BCUT2D eigenvalue weighted by molar-refractivity contribution is -0.142. The molecule has 0 spiro atoms. The van der Waals surface area contributed by atoms with Gasteiger partial charge < -0.3 is 15.5 Å². The van der Waals surface area contributed by atoms with Gasteiger partial charge in [0.1, 0.15) is 6.04 Å². The highest BCUT2D eigenvalue weighted by atomic mass is 16.2. The van der Waals surface area contributed by atoms with Crippen molar-refractivity contribution in [3.63, 3.8) is 0 Å². The Hall–Kier alpha value is -1.10. The Kier molecular flexibility index (Phi) is 4.51. The molecule has 1 fully saturated rings. The van der Waals surface area contributed by atoms with E-state index in [1.165, 1.54) is 0 Å². The van der Waals surface area contributed by atoms with Crippen LogP contribution in [0.3, 0.4) is 0 Å². The fourth-order valence-electron chi connectivity index (χ4n) is 1.81. The highest BCUT2D eigenvalue weighted by Crippen LogP contribution is 2.06. The summed E-state index contributed by atoms with van der Waals surface area (Å²) < 4.78 is 0. The highest BCUT2D eigenvalue weighted by molar-refractivity contribution is 5.88. The van der Waals surface area contributed by atoms with Crippen LogP contribution in [0.5, 0.6) is 0 Å². The van der Waals surface area contributed by atoms with E-state index in [0.29, 0.717) is 26.1 Å². The van der Waals surface area contributed by atoms with Crippen LogP contribution in [0.1, 0.15) is 34.1 Å². The number of piperazine rings is 1. The van der Waals surface area contributed by atoms with Crippen molar-refractivity contribution in [2.45, 2.75) is 45.7 Å². The molecule has 2 amide bonds. The van der Waals surface area contributed by atoms with Crippen molar-refractivity contribution in [1.29, 1.82) is 0 Å². The topological polar surface area (TPSA) is 61.4 Å². The zero-order chi connectivity index (χ0) is 13.1. The Morgan fingerprint density at radius 2 is 2.18 bits per heavy atom. The van der Waals surface area contributed by atoms with Crippen LogP contribution in [0.2, 0.25) is 0 Å². The van der Waals surface area contributed by atoms with Crippen LogP contribution in [-0.4, -0.2) is 47.9 Å². The zero-order valence-corrected chi connectivity index (χ0v) is 11.2. The quantitative estimate of drug-likeness (QED) is 0.737. The molecule has 0 saturated carbocycles. The lowest BCUT2D eigenvalue weighted by Gasteiger charge is -2.33. The number of carbonyl (C=O) groups excluding carboxylic acids is 2. The van der Waals surface area contributed by atoms with Crippen LogP contribution < -0.4 is 10.6 Å². The minimum Gasteiger partial charge on any atom is -0.353 e. The van der Waals surface area contributed by atoms with Crippen molar-refractivity contribution in [1.82, 2.24) is 15.5 Å². The van der Waals surface area contributed by atoms with Gasteiger partial charge >= 0.3 is 0 Å². The lowest BCUT2D eigenvalue weighted by atomic mass is 10.1. The van der Waals surface area contributed by atoms with Crippen molar-refractivity contribution < 1.29 is 9.59 Å². The fraction of sp³-hybridized carbons (Fsp3) is 0.833. The normalized spacial score (nSPS) is 21.3. The third-order valence-corrected chi connectivity index (χ3v) is 2.81. The molecule has 0 aromatic carbocycles. The number of hydrogen-bond donors (Lipinski definition) is 2. The number of nitrogens with zero attached hydrogens (tertiary/aromatic N) is 1. The Bertz CT molecular complexity index is 297. The van der Waals surface area contributed by atoms with Crippen molar-refractivity contribution in [3.05, 3.63) is 0 Å². The first-order chi connectivity index (χ1) is 7.81. The maximum absolute atomic E-state index is 11.9. The van der Waals surface area contributed by atoms with Gasteiger partial charge in [0, 0.05) is 31.6 Å². The third kappa shape index (κ3) is 4.34. The van der Waals surface area contributed by atoms with Crippen LogP contribution in [-0.2, 0) is 9.59 Å². The van der Waals surface area contributed by atoms with Crippen LogP contribution >= 0.6 is 0 Å². The third-order valence-electron chi connectivity index (χ3n) is 2.81. The molecule has 17 heavy (non-hydrogen) atoms. The van der Waals surface area contributed by atoms with Gasteiger partial charge in [0.05, 0.1) is 0 Å². The summed E-state index contributed by atoms with van der Waals surface area (Å²) in [6.07, 6.45) is 0.439. The van der Waals surface area contributed by atoms with Crippen molar-refractivity contribution in [2.24, 2.45) is 0 Å². The molecule has 1 unspecified atom stereocenters. The first-order valence-corrected chi connectivity index (χ1v) is 6.13. The average molecular weight is 241 g/mol. The molecule has 0 aliphatic carbocycles. The Labute approximate surface area is 103 Å². The molecule has 5 nitrogen and oxygen atoms in total. The minimum atomic E-state index is -0.342. The average Bonchev–Trinajstić information content (AvgIpc) is 2.20. The van der Waals surface area contributed by atoms with Gasteiger partial charge in [-0.15, -0.1) is 0 Å². The molecule has 1 saturated heterocycles. The monoisotopic (exact) mass is 241 g/mol. The fourth-order valence-corrected chi connectivity index (χ4v) is 1.81. The first kappa shape index (κ1) is 14.0. The van der Waals surface area contributed by atoms with E-state index in [0.717, 1.165) is 0 Å². The van der Waals surface area contributed by atoms with Gasteiger partial charge in [-0.3, -0.25) is 9.59 Å². The van der Waals surface area contributed by atoms with Gasteiger partial charge in [0.15, 0.2) is 0 Å². The predicted molar refractivity (Wildman–Crippen MR) is 66.6 cm³/mol. The molecular weight excluding hydrogens is 218 g/mol. The van der Waals surface area contributed by atoms with E-state index in [2.05, 4.69) is 31.4 Å². The van der Waals surface area contributed by atoms with Crippen LogP contribution in [0.25, 0.3) is 0 Å². The van der Waals surface area contributed by atoms with Crippen molar-refractivity contribution >= 4 is 11.8 Å². The number of hydrogen-bond acceptors (Lipinski definition) is 3. The maximum atomic E-state index is 11.9. The van der Waals surface area contributed by atoms with Crippen molar-refractivity contribution in [3.8, 4) is 0 Å². The summed E-state index contributed by atoms with van der Waals surface area (Å²) in [4.78, 5) is 25.0. The van der Waals surface area contributed by atoms with E-state index in [9.17, 15) is 9.59 Å². The Morgan fingerprint density at radius 1 is 1.53 bits per heavy atom. The highest BCUT2D eigenvalue weighted by Gasteiger charge is 2.28. The second-order valence-electron chi connectivity index (χ2n) is 5.48. The zero-order valence-electron chi connectivity index (χ0n) is 11.2. The van der Waals surface area contributed by atoms with Gasteiger partial charge in [-0.1, -0.05) is 0 Å². The first-order valence-electron chi connectivity index (χ1n) is 6.13. The number of carbonyl (C=O) groups is 2. The molecule has 0 radical (unpaired) electrons. The van der Waals surface area contributed by atoms with E-state index in [4.69, 9.17) is 0 Å². The second-order valence-corrected chi connectivity index (χ2v) is 5.48. The Morgan fingerprint density at radius 3 is 2.76 bits per heavy atom. The summed E-state index contributed by atoms with van der Waals surface area (Å²) in [5, 5.41) is 6.02. The molecule has 1 aliphatic rings. The Balaban J connectivity index is 2.39. The lowest BCUT2D eigenvalue weighted by Crippen LogP contribution is -2.56.